The summed E-state index contributed by atoms with van der Waals surface area (Å²) < 4.78 is 4.82. The van der Waals surface area contributed by atoms with Crippen LogP contribution >= 0.6 is 12.4 Å². The van der Waals surface area contributed by atoms with Crippen molar-refractivity contribution in [2.75, 3.05) is 38.2 Å². The summed E-state index contributed by atoms with van der Waals surface area (Å²) in [5, 5.41) is 3.14. The summed E-state index contributed by atoms with van der Waals surface area (Å²) in [7, 11) is 1.43. The van der Waals surface area contributed by atoms with Gasteiger partial charge in [0.15, 0.2) is 0 Å². The van der Waals surface area contributed by atoms with Gasteiger partial charge >= 0.3 is 12.0 Å². The number of hydrogen-bond acceptors (Lipinski definition) is 5. The minimum atomic E-state index is -0.129. The predicted molar refractivity (Wildman–Crippen MR) is 112 cm³/mol. The third kappa shape index (κ3) is 5.52. The summed E-state index contributed by atoms with van der Waals surface area (Å²) in [6, 6.07) is 8.46. The van der Waals surface area contributed by atoms with Crippen LogP contribution in [0.4, 0.5) is 10.5 Å². The first kappa shape index (κ1) is 22.3. The first-order valence-electron chi connectivity index (χ1n) is 9.78. The molecule has 2 aliphatic rings. The van der Waals surface area contributed by atoms with Crippen LogP contribution in [0, 0.1) is 5.92 Å². The molecule has 28 heavy (non-hydrogen) atoms. The van der Waals surface area contributed by atoms with E-state index in [0.29, 0.717) is 19.6 Å². The first-order valence-corrected chi connectivity index (χ1v) is 9.78. The van der Waals surface area contributed by atoms with Crippen molar-refractivity contribution in [1.29, 1.82) is 0 Å². The second kappa shape index (κ2) is 10.5. The third-order valence-electron chi connectivity index (χ3n) is 5.69. The van der Waals surface area contributed by atoms with Crippen molar-refractivity contribution in [3.05, 3.63) is 29.8 Å². The highest BCUT2D eigenvalue weighted by atomic mass is 35.5. The van der Waals surface area contributed by atoms with Gasteiger partial charge < -0.3 is 25.6 Å². The highest BCUT2D eigenvalue weighted by molar-refractivity contribution is 5.85. The second-order valence-corrected chi connectivity index (χ2v) is 7.37. The molecule has 8 heteroatoms. The molecule has 0 bridgehead atoms. The maximum absolute atomic E-state index is 12.6. The summed E-state index contributed by atoms with van der Waals surface area (Å²) >= 11 is 0. The minimum Gasteiger partial charge on any atom is -0.469 e. The molecule has 1 aliphatic heterocycles. The van der Waals surface area contributed by atoms with Crippen LogP contribution in [0.1, 0.15) is 31.2 Å². The number of piperazine rings is 1. The fraction of sp³-hybridized carbons (Fsp3) is 0.600. The Kier molecular flexibility index (Phi) is 8.38. The average molecular weight is 411 g/mol. The van der Waals surface area contributed by atoms with Gasteiger partial charge in [-0.05, 0) is 43.4 Å². The van der Waals surface area contributed by atoms with Crippen LogP contribution in [0.25, 0.3) is 0 Å². The molecule has 1 aromatic carbocycles. The van der Waals surface area contributed by atoms with E-state index in [-0.39, 0.29) is 36.4 Å². The van der Waals surface area contributed by atoms with Gasteiger partial charge in [0, 0.05) is 44.5 Å². The van der Waals surface area contributed by atoms with Crippen LogP contribution in [-0.4, -0.2) is 56.2 Å². The van der Waals surface area contributed by atoms with Crippen LogP contribution < -0.4 is 16.0 Å². The molecule has 2 fully saturated rings. The molecular formula is C20H31ClN4O3. The van der Waals surface area contributed by atoms with Crippen molar-refractivity contribution in [1.82, 2.24) is 10.2 Å². The molecule has 0 aromatic heterocycles. The van der Waals surface area contributed by atoms with E-state index in [9.17, 15) is 9.59 Å². The molecule has 1 heterocycles. The standard InChI is InChI=1S/C20H30N4O3.ClH/c1-27-19(25)16-4-6-17(7-5-16)22-20(26)24-12-10-23(11-13-24)18-8-2-15(14-21)3-9-18;/h2-3,8-9,16-17H,4-7,10-14,21H2,1H3,(H,22,26);1H/t16-,17-;. The number of amides is 2. The zero-order valence-electron chi connectivity index (χ0n) is 16.4. The van der Waals surface area contributed by atoms with Crippen LogP contribution in [0.5, 0.6) is 0 Å². The van der Waals surface area contributed by atoms with Gasteiger partial charge in [0.1, 0.15) is 0 Å². The topological polar surface area (TPSA) is 87.9 Å². The largest absolute Gasteiger partial charge is 0.469 e. The molecule has 3 N–H and O–H groups in total. The molecule has 3 rings (SSSR count). The van der Waals surface area contributed by atoms with Crippen molar-refractivity contribution >= 4 is 30.1 Å². The Balaban J connectivity index is 0.00000280. The van der Waals surface area contributed by atoms with Crippen LogP contribution in [0.2, 0.25) is 0 Å². The van der Waals surface area contributed by atoms with Gasteiger partial charge in [-0.25, -0.2) is 4.79 Å². The van der Waals surface area contributed by atoms with Crippen molar-refractivity contribution in [3.8, 4) is 0 Å². The van der Waals surface area contributed by atoms with E-state index in [1.165, 1.54) is 12.8 Å². The molecular weight excluding hydrogens is 380 g/mol. The van der Waals surface area contributed by atoms with Gasteiger partial charge in [0.25, 0.3) is 0 Å². The average Bonchev–Trinajstić information content (AvgIpc) is 2.74. The van der Waals surface area contributed by atoms with Gasteiger partial charge in [0.05, 0.1) is 13.0 Å². The van der Waals surface area contributed by atoms with E-state index in [2.05, 4.69) is 34.5 Å². The van der Waals surface area contributed by atoms with Crippen LogP contribution in [0.3, 0.4) is 0 Å². The molecule has 156 valence electrons. The van der Waals surface area contributed by atoms with E-state index in [1.807, 2.05) is 4.90 Å². The van der Waals surface area contributed by atoms with Crippen molar-refractivity contribution in [2.24, 2.45) is 11.7 Å². The lowest BCUT2D eigenvalue weighted by Crippen LogP contribution is -2.54. The number of hydrogen-bond donors (Lipinski definition) is 2. The number of esters is 1. The van der Waals surface area contributed by atoms with Crippen molar-refractivity contribution in [2.45, 2.75) is 38.3 Å². The van der Waals surface area contributed by atoms with Crippen molar-refractivity contribution in [3.63, 3.8) is 0 Å². The van der Waals surface area contributed by atoms with Crippen LogP contribution in [0.15, 0.2) is 24.3 Å². The zero-order chi connectivity index (χ0) is 19.2. The summed E-state index contributed by atoms with van der Waals surface area (Å²) in [6.45, 7) is 3.62. The Bertz CT molecular complexity index is 639. The van der Waals surface area contributed by atoms with E-state index >= 15 is 0 Å². The lowest BCUT2D eigenvalue weighted by molar-refractivity contribution is -0.146. The Morgan fingerprint density at radius 3 is 2.21 bits per heavy atom. The van der Waals surface area contributed by atoms with E-state index < -0.39 is 0 Å². The first-order chi connectivity index (χ1) is 13.1. The molecule has 0 spiro atoms. The zero-order valence-corrected chi connectivity index (χ0v) is 17.2. The van der Waals surface area contributed by atoms with Crippen molar-refractivity contribution < 1.29 is 14.3 Å². The molecule has 0 unspecified atom stereocenters. The van der Waals surface area contributed by atoms with Gasteiger partial charge in [-0.1, -0.05) is 12.1 Å². The normalized spacial score (nSPS) is 22.2. The van der Waals surface area contributed by atoms with Gasteiger partial charge in [-0.15, -0.1) is 12.4 Å². The number of carbonyl (C=O) groups excluding carboxylic acids is 2. The number of carbonyl (C=O) groups is 2. The Hall–Kier alpha value is -1.99. The quantitative estimate of drug-likeness (QED) is 0.742. The second-order valence-electron chi connectivity index (χ2n) is 7.37. The highest BCUT2D eigenvalue weighted by Gasteiger charge is 2.29. The number of ether oxygens (including phenoxy) is 1. The smallest absolute Gasteiger partial charge is 0.317 e. The summed E-state index contributed by atoms with van der Waals surface area (Å²) in [6.07, 6.45) is 3.23. The van der Waals surface area contributed by atoms with Gasteiger partial charge in [-0.2, -0.15) is 0 Å². The number of benzene rings is 1. The number of urea groups is 1. The lowest BCUT2D eigenvalue weighted by atomic mass is 9.86. The summed E-state index contributed by atoms with van der Waals surface area (Å²) in [5.74, 6) is -0.146. The number of rotatable bonds is 4. The maximum Gasteiger partial charge on any atom is 0.317 e. The number of halogens is 1. The number of anilines is 1. The fourth-order valence-electron chi connectivity index (χ4n) is 3.92. The van der Waals surface area contributed by atoms with E-state index in [0.717, 1.165) is 44.3 Å². The number of methoxy groups -OCH3 is 1. The number of nitrogens with two attached hydrogens (primary N) is 1. The number of nitrogens with zero attached hydrogens (tertiary/aromatic N) is 2. The molecule has 1 aliphatic carbocycles. The van der Waals surface area contributed by atoms with E-state index in [4.69, 9.17) is 10.5 Å². The van der Waals surface area contributed by atoms with E-state index in [1.54, 1.807) is 0 Å². The molecule has 1 saturated heterocycles. The molecule has 0 radical (unpaired) electrons. The molecule has 1 saturated carbocycles. The predicted octanol–water partition coefficient (Wildman–Crippen LogP) is 2.13. The molecule has 0 atom stereocenters. The minimum absolute atomic E-state index is 0. The fourth-order valence-corrected chi connectivity index (χ4v) is 3.92. The Labute approximate surface area is 173 Å². The molecule has 2 amide bonds. The summed E-state index contributed by atoms with van der Waals surface area (Å²) in [4.78, 5) is 28.3. The highest BCUT2D eigenvalue weighted by Crippen LogP contribution is 2.25. The summed E-state index contributed by atoms with van der Waals surface area (Å²) in [5.41, 5.74) is 7.95. The van der Waals surface area contributed by atoms with Crippen LogP contribution in [-0.2, 0) is 16.1 Å². The number of nitrogens with one attached hydrogen (secondary N) is 1. The van der Waals surface area contributed by atoms with Gasteiger partial charge in [-0.3, -0.25) is 4.79 Å². The monoisotopic (exact) mass is 410 g/mol. The Morgan fingerprint density at radius 1 is 1.07 bits per heavy atom. The maximum atomic E-state index is 12.6. The lowest BCUT2D eigenvalue weighted by Gasteiger charge is -2.37. The molecule has 7 nitrogen and oxygen atoms in total. The SMILES string of the molecule is COC(=O)[C@H]1CC[C@H](NC(=O)N2CCN(c3ccc(CN)cc3)CC2)CC1.Cl. The Morgan fingerprint density at radius 2 is 1.68 bits per heavy atom. The van der Waals surface area contributed by atoms with Gasteiger partial charge in [0.2, 0.25) is 0 Å². The molecule has 1 aromatic rings. The third-order valence-corrected chi connectivity index (χ3v) is 5.69.